The van der Waals surface area contributed by atoms with E-state index in [2.05, 4.69) is 14.9 Å². The molecule has 2 aromatic heterocycles. The number of alkyl halides is 3. The molecule has 1 fully saturated rings. The second-order valence-electron chi connectivity index (χ2n) is 7.95. The normalized spacial score (nSPS) is 19.9. The third-order valence-electron chi connectivity index (χ3n) is 5.59. The molecule has 1 amide bonds. The van der Waals surface area contributed by atoms with Crippen molar-refractivity contribution in [2.24, 2.45) is 5.73 Å². The summed E-state index contributed by atoms with van der Waals surface area (Å²) in [5, 5.41) is 0. The molecule has 0 aromatic carbocycles. The Morgan fingerprint density at radius 2 is 2.13 bits per heavy atom. The first kappa shape index (κ1) is 21.5. The van der Waals surface area contributed by atoms with Crippen molar-refractivity contribution in [3.63, 3.8) is 0 Å². The van der Waals surface area contributed by atoms with Gasteiger partial charge in [-0.05, 0) is 42.7 Å². The summed E-state index contributed by atoms with van der Waals surface area (Å²) in [4.78, 5) is 24.0. The minimum atomic E-state index is -4.48. The Labute approximate surface area is 178 Å². The smallest absolute Gasteiger partial charge is 0.375 e. The van der Waals surface area contributed by atoms with Crippen LogP contribution in [0.25, 0.3) is 0 Å². The van der Waals surface area contributed by atoms with E-state index in [0.29, 0.717) is 51.3 Å². The number of nitrogens with zero attached hydrogens (tertiary/aromatic N) is 4. The number of morpholine rings is 1. The monoisotopic (exact) mass is 435 g/mol. The summed E-state index contributed by atoms with van der Waals surface area (Å²) < 4.78 is 44.5. The number of halogens is 3. The minimum absolute atomic E-state index is 0.0733. The van der Waals surface area contributed by atoms with Crippen molar-refractivity contribution in [1.29, 1.82) is 0 Å². The maximum absolute atomic E-state index is 13.0. The van der Waals surface area contributed by atoms with Gasteiger partial charge in [0.05, 0.1) is 18.4 Å². The third kappa shape index (κ3) is 4.80. The molecule has 0 aliphatic carbocycles. The van der Waals surface area contributed by atoms with Crippen LogP contribution in [0.1, 0.15) is 39.9 Å². The van der Waals surface area contributed by atoms with Crippen molar-refractivity contribution >= 4 is 11.6 Å². The van der Waals surface area contributed by atoms with Crippen LogP contribution in [0.15, 0.2) is 24.4 Å². The van der Waals surface area contributed by atoms with Crippen molar-refractivity contribution in [1.82, 2.24) is 14.9 Å². The Bertz CT molecular complexity index is 982. The Morgan fingerprint density at radius 3 is 2.84 bits per heavy atom. The average molecular weight is 435 g/mol. The quantitative estimate of drug-likeness (QED) is 0.794. The standard InChI is InChI=1S/C21H24F3N5O2/c1-13-10-29(6-7-31-13)18-9-16(20(25)30)27-17-12-28(5-3-15(17)18)11-14-2-4-26-19(8-14)21(22,23)24/h2,4,8-9,13H,3,5-7,10-12H2,1H3,(H2,25,30)/t13-/m1/s1. The summed E-state index contributed by atoms with van der Waals surface area (Å²) >= 11 is 0. The van der Waals surface area contributed by atoms with Gasteiger partial charge in [0.15, 0.2) is 0 Å². The van der Waals surface area contributed by atoms with Gasteiger partial charge in [-0.15, -0.1) is 0 Å². The number of primary amides is 1. The highest BCUT2D eigenvalue weighted by Gasteiger charge is 2.33. The van der Waals surface area contributed by atoms with Crippen LogP contribution in [0.5, 0.6) is 0 Å². The molecule has 1 atom stereocenters. The third-order valence-corrected chi connectivity index (χ3v) is 5.59. The zero-order valence-corrected chi connectivity index (χ0v) is 17.2. The Kier molecular flexibility index (Phi) is 5.85. The van der Waals surface area contributed by atoms with E-state index in [1.54, 1.807) is 12.1 Å². The number of ether oxygens (including phenoxy) is 1. The maximum Gasteiger partial charge on any atom is 0.433 e. The van der Waals surface area contributed by atoms with Gasteiger partial charge in [-0.2, -0.15) is 13.2 Å². The first-order valence-corrected chi connectivity index (χ1v) is 10.1. The van der Waals surface area contributed by atoms with E-state index in [1.807, 2.05) is 11.8 Å². The summed E-state index contributed by atoms with van der Waals surface area (Å²) in [5.74, 6) is -0.605. The van der Waals surface area contributed by atoms with Crippen molar-refractivity contribution in [3.8, 4) is 0 Å². The van der Waals surface area contributed by atoms with Crippen LogP contribution < -0.4 is 10.6 Å². The lowest BCUT2D eigenvalue weighted by molar-refractivity contribution is -0.141. The molecule has 0 saturated carbocycles. The molecular weight excluding hydrogens is 411 g/mol. The molecule has 166 valence electrons. The zero-order valence-electron chi connectivity index (χ0n) is 17.2. The van der Waals surface area contributed by atoms with Crippen molar-refractivity contribution in [3.05, 3.63) is 52.6 Å². The maximum atomic E-state index is 13.0. The largest absolute Gasteiger partial charge is 0.433 e. The van der Waals surface area contributed by atoms with Crippen LogP contribution >= 0.6 is 0 Å². The number of carbonyl (C=O) groups excluding carboxylic acids is 1. The molecule has 0 bridgehead atoms. The number of fused-ring (bicyclic) bond motifs is 1. The van der Waals surface area contributed by atoms with Crippen LogP contribution in [0, 0.1) is 0 Å². The van der Waals surface area contributed by atoms with Gasteiger partial charge in [0.2, 0.25) is 0 Å². The molecule has 31 heavy (non-hydrogen) atoms. The van der Waals surface area contributed by atoms with Crippen LogP contribution in [-0.4, -0.2) is 53.1 Å². The lowest BCUT2D eigenvalue weighted by Crippen LogP contribution is -2.42. The molecule has 4 rings (SSSR count). The topological polar surface area (TPSA) is 84.6 Å². The van der Waals surface area contributed by atoms with Gasteiger partial charge in [0.25, 0.3) is 5.91 Å². The van der Waals surface area contributed by atoms with E-state index < -0.39 is 17.8 Å². The SMILES string of the molecule is C[C@@H]1CN(c2cc(C(N)=O)nc3c2CCN(Cc2ccnc(C(F)(F)F)c2)C3)CCO1. The van der Waals surface area contributed by atoms with Gasteiger partial charge in [-0.25, -0.2) is 4.98 Å². The number of aromatic nitrogens is 2. The number of rotatable bonds is 4. The summed E-state index contributed by atoms with van der Waals surface area (Å²) in [7, 11) is 0. The molecule has 4 heterocycles. The number of pyridine rings is 2. The number of nitrogens with two attached hydrogens (primary N) is 1. The molecule has 0 spiro atoms. The Morgan fingerprint density at radius 1 is 1.32 bits per heavy atom. The van der Waals surface area contributed by atoms with Crippen LogP contribution in [-0.2, 0) is 30.4 Å². The lowest BCUT2D eigenvalue weighted by atomic mass is 9.99. The average Bonchev–Trinajstić information content (AvgIpc) is 2.72. The molecule has 2 aromatic rings. The fraction of sp³-hybridized carbons (Fsp3) is 0.476. The first-order chi connectivity index (χ1) is 14.7. The molecule has 2 N–H and O–H groups in total. The number of hydrogen-bond donors (Lipinski definition) is 1. The van der Waals surface area contributed by atoms with E-state index in [4.69, 9.17) is 10.5 Å². The fourth-order valence-electron chi connectivity index (χ4n) is 4.14. The van der Waals surface area contributed by atoms with Gasteiger partial charge in [-0.3, -0.25) is 14.7 Å². The predicted octanol–water partition coefficient (Wildman–Crippen LogP) is 2.38. The van der Waals surface area contributed by atoms with E-state index >= 15 is 0 Å². The fourth-order valence-corrected chi connectivity index (χ4v) is 4.14. The number of carbonyl (C=O) groups is 1. The van der Waals surface area contributed by atoms with E-state index in [9.17, 15) is 18.0 Å². The summed E-state index contributed by atoms with van der Waals surface area (Å²) in [5.41, 5.74) is 8.07. The molecule has 0 unspecified atom stereocenters. The van der Waals surface area contributed by atoms with Crippen molar-refractivity contribution < 1.29 is 22.7 Å². The van der Waals surface area contributed by atoms with Crippen LogP contribution in [0.4, 0.5) is 18.9 Å². The van der Waals surface area contributed by atoms with Crippen LogP contribution in [0.2, 0.25) is 0 Å². The molecular formula is C21H24F3N5O2. The van der Waals surface area contributed by atoms with Crippen LogP contribution in [0.3, 0.4) is 0 Å². The van der Waals surface area contributed by atoms with E-state index in [0.717, 1.165) is 23.0 Å². The summed E-state index contributed by atoms with van der Waals surface area (Å²) in [6, 6.07) is 4.40. The van der Waals surface area contributed by atoms with Gasteiger partial charge in [-0.1, -0.05) is 0 Å². The molecule has 2 aliphatic heterocycles. The van der Waals surface area contributed by atoms with Gasteiger partial charge >= 0.3 is 6.18 Å². The first-order valence-electron chi connectivity index (χ1n) is 10.1. The highest BCUT2D eigenvalue weighted by Crippen LogP contribution is 2.32. The second-order valence-corrected chi connectivity index (χ2v) is 7.95. The van der Waals surface area contributed by atoms with Gasteiger partial charge < -0.3 is 15.4 Å². The van der Waals surface area contributed by atoms with E-state index in [-0.39, 0.29) is 11.8 Å². The molecule has 2 aliphatic rings. The van der Waals surface area contributed by atoms with Gasteiger partial charge in [0, 0.05) is 44.6 Å². The highest BCUT2D eigenvalue weighted by molar-refractivity contribution is 5.92. The Hall–Kier alpha value is -2.72. The van der Waals surface area contributed by atoms with E-state index in [1.165, 1.54) is 6.20 Å². The number of anilines is 1. The van der Waals surface area contributed by atoms with Crippen molar-refractivity contribution in [2.75, 3.05) is 31.1 Å². The highest BCUT2D eigenvalue weighted by atomic mass is 19.4. The molecule has 1 saturated heterocycles. The predicted molar refractivity (Wildman–Crippen MR) is 107 cm³/mol. The zero-order chi connectivity index (χ0) is 22.2. The number of hydrogen-bond acceptors (Lipinski definition) is 6. The lowest BCUT2D eigenvalue weighted by Gasteiger charge is -2.37. The van der Waals surface area contributed by atoms with Crippen molar-refractivity contribution in [2.45, 2.75) is 38.7 Å². The minimum Gasteiger partial charge on any atom is -0.375 e. The number of amides is 1. The molecule has 7 nitrogen and oxygen atoms in total. The second kappa shape index (κ2) is 8.43. The molecule has 10 heteroatoms. The summed E-state index contributed by atoms with van der Waals surface area (Å²) in [6.45, 7) is 5.43. The Balaban J connectivity index is 1.59. The van der Waals surface area contributed by atoms with Gasteiger partial charge in [0.1, 0.15) is 11.4 Å². The summed E-state index contributed by atoms with van der Waals surface area (Å²) in [6.07, 6.45) is -2.55. The molecule has 0 radical (unpaired) electrons.